The number of hydrogen-bond donors (Lipinski definition) is 0. The molecule has 7 aromatic rings. The molecule has 272 valence electrons. The highest BCUT2D eigenvalue weighted by Crippen LogP contribution is 2.62. The maximum Gasteiger partial charge on any atom is 0.164 e. The summed E-state index contributed by atoms with van der Waals surface area (Å²) in [5.74, 6) is 3.05. The predicted molar refractivity (Wildman–Crippen MR) is 227 cm³/mol. The van der Waals surface area contributed by atoms with Gasteiger partial charge in [-0.1, -0.05) is 146 Å². The van der Waals surface area contributed by atoms with Gasteiger partial charge in [0.05, 0.1) is 5.41 Å². The van der Waals surface area contributed by atoms with Crippen molar-refractivity contribution in [1.29, 1.82) is 0 Å². The Morgan fingerprint density at radius 1 is 0.596 bits per heavy atom. The van der Waals surface area contributed by atoms with E-state index in [9.17, 15) is 0 Å². The van der Waals surface area contributed by atoms with Gasteiger partial charge in [-0.15, -0.1) is 0 Å². The average molecular weight is 736 g/mol. The van der Waals surface area contributed by atoms with Crippen LogP contribution in [-0.2, 0) is 10.2 Å². The second-order valence-electron chi connectivity index (χ2n) is 15.6. The molecule has 0 bridgehead atoms. The Kier molecular flexibility index (Phi) is 7.15. The first-order valence-corrected chi connectivity index (χ1v) is 20.0. The molecule has 57 heavy (non-hydrogen) atoms. The van der Waals surface area contributed by atoms with E-state index in [1.54, 1.807) is 0 Å². The maximum atomic E-state index is 7.29. The Hall–Kier alpha value is -6.85. The van der Waals surface area contributed by atoms with Crippen molar-refractivity contribution in [2.75, 3.05) is 0 Å². The van der Waals surface area contributed by atoms with Crippen LogP contribution in [0, 0.1) is 5.92 Å². The van der Waals surface area contributed by atoms with E-state index >= 15 is 0 Å². The van der Waals surface area contributed by atoms with Gasteiger partial charge in [-0.2, -0.15) is 0 Å². The lowest BCUT2D eigenvalue weighted by Crippen LogP contribution is -2.43. The second kappa shape index (κ2) is 12.6. The molecule has 0 saturated heterocycles. The summed E-state index contributed by atoms with van der Waals surface area (Å²) >= 11 is 0. The van der Waals surface area contributed by atoms with Gasteiger partial charge in [0.2, 0.25) is 0 Å². The molecule has 5 aromatic carbocycles. The third-order valence-electron chi connectivity index (χ3n) is 12.6. The molecule has 2 atom stereocenters. The zero-order chi connectivity index (χ0) is 37.5. The summed E-state index contributed by atoms with van der Waals surface area (Å²) in [6.07, 6.45) is 19.5. The summed E-state index contributed by atoms with van der Waals surface area (Å²) in [6.45, 7) is 0. The molecule has 0 N–H and O–H groups in total. The molecule has 1 spiro atoms. The number of rotatable bonds is 4. The first kappa shape index (κ1) is 32.4. The van der Waals surface area contributed by atoms with Crippen LogP contribution in [0.4, 0.5) is 0 Å². The zero-order valence-electron chi connectivity index (χ0n) is 31.2. The Balaban J connectivity index is 1.06. The Labute approximate surface area is 330 Å². The first-order chi connectivity index (χ1) is 28.3. The zero-order valence-corrected chi connectivity index (χ0v) is 31.2. The van der Waals surface area contributed by atoms with Crippen LogP contribution in [0.1, 0.15) is 42.6 Å². The normalized spacial score (nSPS) is 20.0. The van der Waals surface area contributed by atoms with Crippen LogP contribution in [0.3, 0.4) is 0 Å². The van der Waals surface area contributed by atoms with E-state index in [1.807, 2.05) is 36.4 Å². The van der Waals surface area contributed by atoms with Crippen molar-refractivity contribution in [3.8, 4) is 33.9 Å². The minimum Gasteiger partial charge on any atom is -0.489 e. The number of hydrogen-bond acceptors (Lipinski definition) is 5. The van der Waals surface area contributed by atoms with E-state index in [0.717, 1.165) is 70.1 Å². The molecular formula is C52H37N3O2. The number of furan rings is 1. The van der Waals surface area contributed by atoms with Crippen LogP contribution in [0.5, 0.6) is 0 Å². The fourth-order valence-electron chi connectivity index (χ4n) is 10.1. The number of aromatic nitrogens is 3. The lowest BCUT2D eigenvalue weighted by molar-refractivity contribution is 0.0984. The van der Waals surface area contributed by atoms with E-state index in [4.69, 9.17) is 24.1 Å². The SMILES string of the molecule is C1=CCC2OC3=C(C=CCC3C3=C(c4nc(-c5ccccc5)nc(-c5ccc6c(c5)oc5ccccc56)n4)CCC=C3)C3(C2=C1)c1ccccc1-c1ccccc13. The van der Waals surface area contributed by atoms with Crippen molar-refractivity contribution >= 4 is 27.5 Å². The molecule has 5 aliphatic rings. The molecule has 0 amide bonds. The summed E-state index contributed by atoms with van der Waals surface area (Å²) in [4.78, 5) is 15.7. The van der Waals surface area contributed by atoms with Crippen molar-refractivity contribution in [3.05, 3.63) is 203 Å². The number of nitrogens with zero attached hydrogens (tertiary/aromatic N) is 3. The molecular weight excluding hydrogens is 699 g/mol. The lowest BCUT2D eigenvalue weighted by Gasteiger charge is -2.48. The van der Waals surface area contributed by atoms with Crippen LogP contribution in [0.15, 0.2) is 191 Å². The summed E-state index contributed by atoms with van der Waals surface area (Å²) in [6, 6.07) is 42.7. The second-order valence-corrected chi connectivity index (χ2v) is 15.6. The lowest BCUT2D eigenvalue weighted by atomic mass is 9.60. The van der Waals surface area contributed by atoms with Crippen molar-refractivity contribution in [2.24, 2.45) is 5.92 Å². The minimum atomic E-state index is -0.444. The number of ether oxygens (including phenoxy) is 1. The van der Waals surface area contributed by atoms with Gasteiger partial charge < -0.3 is 9.15 Å². The van der Waals surface area contributed by atoms with Crippen molar-refractivity contribution in [1.82, 2.24) is 15.0 Å². The van der Waals surface area contributed by atoms with Gasteiger partial charge in [0, 0.05) is 45.4 Å². The van der Waals surface area contributed by atoms with Crippen molar-refractivity contribution in [2.45, 2.75) is 37.2 Å². The number of benzene rings is 5. The van der Waals surface area contributed by atoms with Crippen LogP contribution >= 0.6 is 0 Å². The maximum absolute atomic E-state index is 7.29. The van der Waals surface area contributed by atoms with Crippen LogP contribution in [-0.4, -0.2) is 21.1 Å². The van der Waals surface area contributed by atoms with Crippen LogP contribution in [0.25, 0.3) is 61.4 Å². The predicted octanol–water partition coefficient (Wildman–Crippen LogP) is 12.3. The summed E-state index contributed by atoms with van der Waals surface area (Å²) < 4.78 is 13.6. The quantitative estimate of drug-likeness (QED) is 0.180. The molecule has 0 saturated carbocycles. The molecule has 4 aliphatic carbocycles. The molecule has 0 radical (unpaired) electrons. The molecule has 1 aliphatic heterocycles. The van der Waals surface area contributed by atoms with E-state index in [2.05, 4.69) is 127 Å². The fraction of sp³-hybridized carbons (Fsp3) is 0.135. The summed E-state index contributed by atoms with van der Waals surface area (Å²) in [5, 5.41) is 2.18. The molecule has 2 aromatic heterocycles. The van der Waals surface area contributed by atoms with Gasteiger partial charge in [-0.3, -0.25) is 0 Å². The molecule has 2 unspecified atom stereocenters. The van der Waals surface area contributed by atoms with Crippen LogP contribution < -0.4 is 0 Å². The highest BCUT2D eigenvalue weighted by molar-refractivity contribution is 6.05. The third-order valence-corrected chi connectivity index (χ3v) is 12.6. The van der Waals surface area contributed by atoms with Gasteiger partial charge in [-0.25, -0.2) is 15.0 Å². The molecule has 3 heterocycles. The Morgan fingerprint density at radius 3 is 2.16 bits per heavy atom. The smallest absolute Gasteiger partial charge is 0.164 e. The van der Waals surface area contributed by atoms with Crippen molar-refractivity contribution in [3.63, 3.8) is 0 Å². The Morgan fingerprint density at radius 2 is 1.32 bits per heavy atom. The summed E-state index contributed by atoms with van der Waals surface area (Å²) in [5.41, 5.74) is 13.3. The van der Waals surface area contributed by atoms with Gasteiger partial charge in [0.1, 0.15) is 23.0 Å². The molecule has 5 nitrogen and oxygen atoms in total. The standard InChI is InChI=1S/C52H37N3O2/c1-2-15-32(16-3-1)49-53-50(33-29-30-38-37-20-8-12-27-45(37)56-47(38)31-33)55-51(54-49)40-21-5-4-17-34(40)39-22-14-26-44-48(39)57-46-28-13-11-25-43(46)52(44)41-23-9-6-18-35(41)36-19-7-10-24-42(36)52/h1-4,6-20,23-27,29-31,39,46H,5,21-22,28H2. The molecule has 0 fully saturated rings. The van der Waals surface area contributed by atoms with Gasteiger partial charge in [-0.05, 0) is 70.9 Å². The van der Waals surface area contributed by atoms with E-state index < -0.39 is 5.41 Å². The molecule has 12 rings (SSSR count). The van der Waals surface area contributed by atoms with Gasteiger partial charge in [0.25, 0.3) is 0 Å². The van der Waals surface area contributed by atoms with Gasteiger partial charge >= 0.3 is 0 Å². The van der Waals surface area contributed by atoms with Gasteiger partial charge in [0.15, 0.2) is 17.5 Å². The van der Waals surface area contributed by atoms with E-state index in [-0.39, 0.29) is 12.0 Å². The number of para-hydroxylation sites is 1. The highest BCUT2D eigenvalue weighted by Gasteiger charge is 2.55. The fourth-order valence-corrected chi connectivity index (χ4v) is 10.1. The third kappa shape index (κ3) is 4.78. The monoisotopic (exact) mass is 735 g/mol. The number of fused-ring (bicyclic) bond motifs is 11. The van der Waals surface area contributed by atoms with E-state index in [1.165, 1.54) is 39.0 Å². The molecule has 5 heteroatoms. The highest BCUT2D eigenvalue weighted by atomic mass is 16.5. The Bertz CT molecular complexity index is 2970. The summed E-state index contributed by atoms with van der Waals surface area (Å²) in [7, 11) is 0. The number of allylic oxidation sites excluding steroid dienone is 9. The van der Waals surface area contributed by atoms with E-state index in [0.29, 0.717) is 17.5 Å². The average Bonchev–Trinajstić information content (AvgIpc) is 3.80. The first-order valence-electron chi connectivity index (χ1n) is 20.0. The minimum absolute atomic E-state index is 0.00639. The topological polar surface area (TPSA) is 61.0 Å². The van der Waals surface area contributed by atoms with Crippen molar-refractivity contribution < 1.29 is 9.15 Å². The largest absolute Gasteiger partial charge is 0.489 e. The van der Waals surface area contributed by atoms with Crippen LogP contribution in [0.2, 0.25) is 0 Å².